The molecule has 0 amide bonds. The van der Waals surface area contributed by atoms with E-state index in [0.717, 1.165) is 5.52 Å². The molecule has 1 N–H and O–H groups in total. The quantitative estimate of drug-likeness (QED) is 0.804. The minimum absolute atomic E-state index is 0.136. The van der Waals surface area contributed by atoms with Gasteiger partial charge in [0, 0.05) is 0 Å². The Bertz CT molecular complexity index is 565. The lowest BCUT2D eigenvalue weighted by Gasteiger charge is -2.14. The molecule has 5 heteroatoms. The van der Waals surface area contributed by atoms with Gasteiger partial charge in [0.2, 0.25) is 5.89 Å². The third-order valence-corrected chi connectivity index (χ3v) is 2.37. The van der Waals surface area contributed by atoms with Crippen molar-refractivity contribution in [2.75, 3.05) is 13.1 Å². The van der Waals surface area contributed by atoms with Crippen molar-refractivity contribution in [3.63, 3.8) is 0 Å². The highest BCUT2D eigenvalue weighted by molar-refractivity contribution is 5.72. The summed E-state index contributed by atoms with van der Waals surface area (Å²) in [6.07, 6.45) is 5.20. The van der Waals surface area contributed by atoms with E-state index in [1.165, 1.54) is 0 Å². The number of carboxylic acids is 1. The van der Waals surface area contributed by atoms with Gasteiger partial charge < -0.3 is 9.52 Å². The van der Waals surface area contributed by atoms with Crippen LogP contribution in [-0.2, 0) is 11.3 Å². The molecule has 0 aliphatic carbocycles. The largest absolute Gasteiger partial charge is 0.480 e. The molecule has 0 radical (unpaired) electrons. The molecule has 0 aliphatic heterocycles. The van der Waals surface area contributed by atoms with Crippen LogP contribution in [0.5, 0.6) is 0 Å². The Morgan fingerprint density at radius 1 is 1.50 bits per heavy atom. The fourth-order valence-corrected chi connectivity index (χ4v) is 1.67. The Morgan fingerprint density at radius 2 is 2.28 bits per heavy atom. The predicted octanol–water partition coefficient (Wildman–Crippen LogP) is 1.35. The second-order valence-electron chi connectivity index (χ2n) is 3.82. The number of carboxylic acid groups (broad SMARTS) is 1. The summed E-state index contributed by atoms with van der Waals surface area (Å²) in [7, 11) is 0. The molecule has 0 bridgehead atoms. The average molecular weight is 244 g/mol. The standard InChI is InChI=1S/C13H12N2O3/c1-2-7-15(9-13(16)17)8-12-14-10-5-3-4-6-11(10)18-12/h1,3-6H,7-9H2,(H,16,17). The van der Waals surface area contributed by atoms with Crippen molar-refractivity contribution in [2.24, 2.45) is 0 Å². The Hall–Kier alpha value is -2.32. The van der Waals surface area contributed by atoms with Gasteiger partial charge in [-0.15, -0.1) is 6.42 Å². The highest BCUT2D eigenvalue weighted by atomic mass is 16.4. The van der Waals surface area contributed by atoms with Crippen molar-refractivity contribution in [2.45, 2.75) is 6.54 Å². The Balaban J connectivity index is 2.15. The summed E-state index contributed by atoms with van der Waals surface area (Å²) < 4.78 is 5.51. The fraction of sp³-hybridized carbons (Fsp3) is 0.231. The van der Waals surface area contributed by atoms with Crippen LogP contribution in [0.4, 0.5) is 0 Å². The summed E-state index contributed by atoms with van der Waals surface area (Å²) in [5.41, 5.74) is 1.44. The summed E-state index contributed by atoms with van der Waals surface area (Å²) in [4.78, 5) is 16.5. The van der Waals surface area contributed by atoms with Crippen molar-refractivity contribution in [3.05, 3.63) is 30.2 Å². The number of hydrogen-bond acceptors (Lipinski definition) is 4. The Kier molecular flexibility index (Phi) is 3.60. The maximum Gasteiger partial charge on any atom is 0.317 e. The molecule has 0 saturated carbocycles. The topological polar surface area (TPSA) is 66.6 Å². The number of fused-ring (bicyclic) bond motifs is 1. The molecular formula is C13H12N2O3. The molecule has 92 valence electrons. The number of para-hydroxylation sites is 2. The maximum absolute atomic E-state index is 10.7. The van der Waals surface area contributed by atoms with Crippen LogP contribution >= 0.6 is 0 Å². The molecule has 18 heavy (non-hydrogen) atoms. The molecule has 1 aromatic carbocycles. The van der Waals surface area contributed by atoms with Crippen molar-refractivity contribution in [1.82, 2.24) is 9.88 Å². The van der Waals surface area contributed by atoms with Gasteiger partial charge in [-0.2, -0.15) is 0 Å². The second kappa shape index (κ2) is 5.34. The van der Waals surface area contributed by atoms with E-state index in [1.54, 1.807) is 4.90 Å². The molecule has 1 aromatic heterocycles. The summed E-state index contributed by atoms with van der Waals surface area (Å²) in [6.45, 7) is 0.388. The monoisotopic (exact) mass is 244 g/mol. The number of carbonyl (C=O) groups is 1. The predicted molar refractivity (Wildman–Crippen MR) is 65.8 cm³/mol. The molecule has 2 aromatic rings. The van der Waals surface area contributed by atoms with Crippen molar-refractivity contribution >= 4 is 17.1 Å². The van der Waals surface area contributed by atoms with Gasteiger partial charge in [-0.05, 0) is 12.1 Å². The molecule has 5 nitrogen and oxygen atoms in total. The number of rotatable bonds is 5. The van der Waals surface area contributed by atoms with Crippen LogP contribution in [0.25, 0.3) is 11.1 Å². The lowest BCUT2D eigenvalue weighted by molar-refractivity contribution is -0.138. The van der Waals surface area contributed by atoms with Crippen LogP contribution in [0.3, 0.4) is 0 Å². The smallest absolute Gasteiger partial charge is 0.317 e. The first-order chi connectivity index (χ1) is 8.69. The molecular weight excluding hydrogens is 232 g/mol. The van der Waals surface area contributed by atoms with Crippen molar-refractivity contribution in [3.8, 4) is 12.3 Å². The number of aliphatic carboxylic acids is 1. The number of aromatic nitrogens is 1. The third kappa shape index (κ3) is 2.87. The van der Waals surface area contributed by atoms with Gasteiger partial charge >= 0.3 is 5.97 Å². The van der Waals surface area contributed by atoms with E-state index in [-0.39, 0.29) is 19.6 Å². The van der Waals surface area contributed by atoms with E-state index < -0.39 is 5.97 Å². The molecule has 0 spiro atoms. The molecule has 0 aliphatic rings. The van der Waals surface area contributed by atoms with Gasteiger partial charge in [0.1, 0.15) is 5.52 Å². The van der Waals surface area contributed by atoms with E-state index in [0.29, 0.717) is 11.5 Å². The number of oxazole rings is 1. The van der Waals surface area contributed by atoms with Crippen LogP contribution < -0.4 is 0 Å². The molecule has 0 saturated heterocycles. The first-order valence-electron chi connectivity index (χ1n) is 5.41. The summed E-state index contributed by atoms with van der Waals surface area (Å²) >= 11 is 0. The minimum Gasteiger partial charge on any atom is -0.480 e. The van der Waals surface area contributed by atoms with Crippen LogP contribution in [0.15, 0.2) is 28.7 Å². The zero-order valence-electron chi connectivity index (χ0n) is 9.67. The zero-order chi connectivity index (χ0) is 13.0. The van der Waals surface area contributed by atoms with Crippen molar-refractivity contribution in [1.29, 1.82) is 0 Å². The van der Waals surface area contributed by atoms with E-state index in [1.807, 2.05) is 24.3 Å². The maximum atomic E-state index is 10.7. The van der Waals surface area contributed by atoms with Gasteiger partial charge in [-0.25, -0.2) is 4.98 Å². The highest BCUT2D eigenvalue weighted by Gasteiger charge is 2.13. The fourth-order valence-electron chi connectivity index (χ4n) is 1.67. The Morgan fingerprint density at radius 3 is 2.94 bits per heavy atom. The molecule has 2 rings (SSSR count). The van der Waals surface area contributed by atoms with E-state index in [9.17, 15) is 4.79 Å². The normalized spacial score (nSPS) is 10.7. The van der Waals surface area contributed by atoms with Crippen LogP contribution in [0, 0.1) is 12.3 Å². The first kappa shape index (κ1) is 12.1. The summed E-state index contributed by atoms with van der Waals surface area (Å²) in [5.74, 6) is 1.96. The third-order valence-electron chi connectivity index (χ3n) is 2.37. The van der Waals surface area contributed by atoms with Gasteiger partial charge in [-0.1, -0.05) is 18.1 Å². The van der Waals surface area contributed by atoms with Gasteiger partial charge in [0.05, 0.1) is 19.6 Å². The minimum atomic E-state index is -0.929. The highest BCUT2D eigenvalue weighted by Crippen LogP contribution is 2.15. The molecule has 0 atom stereocenters. The Labute approximate surface area is 104 Å². The first-order valence-corrected chi connectivity index (χ1v) is 5.41. The number of terminal acetylenes is 1. The van der Waals surface area contributed by atoms with E-state index in [4.69, 9.17) is 15.9 Å². The molecule has 0 fully saturated rings. The molecule has 1 heterocycles. The van der Waals surface area contributed by atoms with E-state index in [2.05, 4.69) is 10.9 Å². The number of nitrogens with zero attached hydrogens (tertiary/aromatic N) is 2. The lowest BCUT2D eigenvalue weighted by Crippen LogP contribution is -2.29. The number of benzene rings is 1. The van der Waals surface area contributed by atoms with Crippen LogP contribution in [0.2, 0.25) is 0 Å². The van der Waals surface area contributed by atoms with Gasteiger partial charge in [0.15, 0.2) is 5.58 Å². The van der Waals surface area contributed by atoms with Crippen LogP contribution in [0.1, 0.15) is 5.89 Å². The SMILES string of the molecule is C#CCN(CC(=O)O)Cc1nc2ccccc2o1. The average Bonchev–Trinajstić information content (AvgIpc) is 2.70. The van der Waals surface area contributed by atoms with Gasteiger partial charge in [-0.3, -0.25) is 9.69 Å². The zero-order valence-corrected chi connectivity index (χ0v) is 9.67. The lowest BCUT2D eigenvalue weighted by atomic mass is 10.3. The number of hydrogen-bond donors (Lipinski definition) is 1. The van der Waals surface area contributed by atoms with Gasteiger partial charge in [0.25, 0.3) is 0 Å². The molecule has 0 unspecified atom stereocenters. The summed E-state index contributed by atoms with van der Waals surface area (Å²) in [6, 6.07) is 7.37. The van der Waals surface area contributed by atoms with Crippen LogP contribution in [-0.4, -0.2) is 34.0 Å². The van der Waals surface area contributed by atoms with E-state index >= 15 is 0 Å². The second-order valence-corrected chi connectivity index (χ2v) is 3.82. The summed E-state index contributed by atoms with van der Waals surface area (Å²) in [5, 5.41) is 8.77. The van der Waals surface area contributed by atoms with Crippen molar-refractivity contribution < 1.29 is 14.3 Å².